The number of aromatic nitrogens is 5. The van der Waals surface area contributed by atoms with E-state index < -0.39 is 30.0 Å². The van der Waals surface area contributed by atoms with Crippen LogP contribution in [0.4, 0.5) is 15.0 Å². The van der Waals surface area contributed by atoms with Crippen LogP contribution in [0.15, 0.2) is 76.9 Å². The van der Waals surface area contributed by atoms with Crippen LogP contribution in [0.2, 0.25) is 0 Å². The first-order chi connectivity index (χ1) is 40.6. The number of nitrogens with one attached hydrogen (secondary N) is 1. The molecule has 0 bridgehead atoms. The Bertz CT molecular complexity index is 3570. The molecule has 6 atom stereocenters. The average molecular weight is 1170 g/mol. The van der Waals surface area contributed by atoms with Gasteiger partial charge in [0, 0.05) is 49.9 Å². The van der Waals surface area contributed by atoms with Crippen LogP contribution in [0.5, 0.6) is 17.6 Å². The summed E-state index contributed by atoms with van der Waals surface area (Å²) in [6.45, 7) is 13.1. The van der Waals surface area contributed by atoms with Crippen molar-refractivity contribution >= 4 is 56.7 Å². The molecule has 12 rings (SSSR count). The zero-order valence-corrected chi connectivity index (χ0v) is 49.1. The van der Waals surface area contributed by atoms with E-state index >= 15 is 4.39 Å². The second-order valence-electron chi connectivity index (χ2n) is 23.8. The number of nitrogens with zero attached hydrogens (tertiary/aromatic N) is 9. The first-order valence-corrected chi connectivity index (χ1v) is 30.6. The SMILES string of the molecule is CCc1cccc2cc(O)cc(-c3ncc4c(N5CCCCCC5)nc(OC[C@]56CCCN5[C@H](COC(=O)N5CC(Oc7cc([C@H](C(=O)N8C[C@H](O)C[C@H]8C(=O)N[C@@H](C)c8ccc(-c9scnc9C)cc8)C(C)C)on7)C5)CC6)nc4c3F)c12. The summed E-state index contributed by atoms with van der Waals surface area (Å²) in [6.07, 6.45) is 8.40. The van der Waals surface area contributed by atoms with Crippen LogP contribution in [-0.4, -0.2) is 150 Å². The molecule has 7 aromatic rings. The van der Waals surface area contributed by atoms with Gasteiger partial charge in [-0.25, -0.2) is 14.2 Å². The van der Waals surface area contributed by atoms with Gasteiger partial charge in [-0.3, -0.25) is 19.5 Å². The highest BCUT2D eigenvalue weighted by atomic mass is 32.1. The van der Waals surface area contributed by atoms with Crippen molar-refractivity contribution in [2.24, 2.45) is 5.92 Å². The zero-order chi connectivity index (χ0) is 58.4. The van der Waals surface area contributed by atoms with Crippen LogP contribution < -0.4 is 19.7 Å². The number of phenolic OH excluding ortho intramolecular Hbond substituents is 1. The first kappa shape index (κ1) is 57.0. The summed E-state index contributed by atoms with van der Waals surface area (Å²) < 4.78 is 41.7. The molecule has 21 heteroatoms. The van der Waals surface area contributed by atoms with Gasteiger partial charge in [0.15, 0.2) is 11.6 Å². The van der Waals surface area contributed by atoms with E-state index in [0.29, 0.717) is 23.2 Å². The Labute approximate surface area is 491 Å². The number of aliphatic hydroxyl groups is 1. The van der Waals surface area contributed by atoms with E-state index in [9.17, 15) is 24.6 Å². The van der Waals surface area contributed by atoms with Crippen molar-refractivity contribution in [3.63, 3.8) is 0 Å². The number of β-amino-alcohol motifs (C(OH)–C–C–N with tert-alkyl or cyclic N) is 1. The molecule has 84 heavy (non-hydrogen) atoms. The number of likely N-dealkylation sites (tertiary alicyclic amines) is 2. The summed E-state index contributed by atoms with van der Waals surface area (Å²) in [5, 5.41) is 30.9. The quantitative estimate of drug-likeness (QED) is 0.0772. The molecule has 5 fully saturated rings. The normalized spacial score (nSPS) is 21.9. The maximum absolute atomic E-state index is 17.3. The highest BCUT2D eigenvalue weighted by Crippen LogP contribution is 2.44. The number of pyridine rings is 1. The van der Waals surface area contributed by atoms with E-state index in [1.54, 1.807) is 40.6 Å². The van der Waals surface area contributed by atoms with Gasteiger partial charge in [0.25, 0.3) is 5.88 Å². The van der Waals surface area contributed by atoms with Crippen LogP contribution in [0.25, 0.3) is 43.4 Å². The Kier molecular flexibility index (Phi) is 16.2. The Hall–Kier alpha value is -7.49. The number of ether oxygens (including phenoxy) is 3. The molecule has 0 radical (unpaired) electrons. The molecule has 5 aliphatic rings. The minimum absolute atomic E-state index is 0.00357. The Morgan fingerprint density at radius 2 is 1.75 bits per heavy atom. The van der Waals surface area contributed by atoms with Crippen molar-refractivity contribution in [3.05, 3.63) is 101 Å². The third kappa shape index (κ3) is 11.2. The number of aryl methyl sites for hydroxylation is 2. The molecule has 3 amide bonds. The van der Waals surface area contributed by atoms with Crippen molar-refractivity contribution in [1.82, 2.24) is 45.1 Å². The van der Waals surface area contributed by atoms with E-state index in [2.05, 4.69) is 32.2 Å². The molecule has 3 aromatic carbocycles. The van der Waals surface area contributed by atoms with Crippen LogP contribution in [0, 0.1) is 18.7 Å². The molecule has 5 saturated heterocycles. The number of phenols is 1. The van der Waals surface area contributed by atoms with Gasteiger partial charge in [-0.15, -0.1) is 11.3 Å². The average Bonchev–Trinajstić information content (AvgIpc) is 2.55. The smallest absolute Gasteiger partial charge is 0.410 e. The number of halogens is 1. The van der Waals surface area contributed by atoms with Crippen LogP contribution in [0.1, 0.15) is 120 Å². The lowest BCUT2D eigenvalue weighted by molar-refractivity contribution is -0.141. The van der Waals surface area contributed by atoms with Crippen LogP contribution in [-0.2, 0) is 20.7 Å². The predicted octanol–water partition coefficient (Wildman–Crippen LogP) is 9.91. The minimum atomic E-state index is -0.883. The fourth-order valence-corrected chi connectivity index (χ4v) is 14.2. The monoisotopic (exact) mass is 1160 g/mol. The van der Waals surface area contributed by atoms with Crippen LogP contribution in [0.3, 0.4) is 0 Å². The van der Waals surface area contributed by atoms with Gasteiger partial charge in [0.05, 0.1) is 52.2 Å². The van der Waals surface area contributed by atoms with E-state index in [1.165, 1.54) is 4.90 Å². The molecule has 3 N–H and O–H groups in total. The molecule has 0 unspecified atom stereocenters. The predicted molar refractivity (Wildman–Crippen MR) is 316 cm³/mol. The molecule has 0 saturated carbocycles. The molecule has 9 heterocycles. The van der Waals surface area contributed by atoms with Crippen molar-refractivity contribution in [3.8, 4) is 39.3 Å². The lowest BCUT2D eigenvalue weighted by atomic mass is 9.91. The van der Waals surface area contributed by atoms with E-state index in [-0.39, 0.29) is 115 Å². The molecule has 5 aliphatic heterocycles. The number of hydrogen-bond acceptors (Lipinski definition) is 17. The van der Waals surface area contributed by atoms with E-state index in [1.807, 2.05) is 75.7 Å². The molecular weight excluding hydrogens is 1090 g/mol. The van der Waals surface area contributed by atoms with Crippen molar-refractivity contribution in [2.75, 3.05) is 57.4 Å². The second kappa shape index (κ2) is 23.9. The van der Waals surface area contributed by atoms with Gasteiger partial charge in [-0.05, 0) is 116 Å². The summed E-state index contributed by atoms with van der Waals surface area (Å²) in [5.74, 6) is -1.29. The highest BCUT2D eigenvalue weighted by molar-refractivity contribution is 7.13. The fourth-order valence-electron chi connectivity index (χ4n) is 13.4. The number of benzene rings is 3. The topological polar surface area (TPSA) is 222 Å². The number of anilines is 1. The molecule has 0 aliphatic carbocycles. The number of amides is 3. The number of carbonyl (C=O) groups excluding carboxylic acids is 3. The molecular formula is C63H73FN10O9S. The van der Waals surface area contributed by atoms with Crippen LogP contribution >= 0.6 is 11.3 Å². The third-order valence-electron chi connectivity index (χ3n) is 17.9. The lowest BCUT2D eigenvalue weighted by Crippen LogP contribution is -2.56. The summed E-state index contributed by atoms with van der Waals surface area (Å²) in [5.41, 5.74) is 6.13. The highest BCUT2D eigenvalue weighted by Gasteiger charge is 2.51. The van der Waals surface area contributed by atoms with Crippen molar-refractivity contribution in [1.29, 1.82) is 0 Å². The van der Waals surface area contributed by atoms with Gasteiger partial charge in [0.2, 0.25) is 11.8 Å². The fraction of sp³-hybridized carbons (Fsp3) is 0.492. The number of thiazole rings is 1. The largest absolute Gasteiger partial charge is 0.508 e. The van der Waals surface area contributed by atoms with Gasteiger partial charge in [-0.2, -0.15) is 9.97 Å². The number of carbonyl (C=O) groups is 3. The van der Waals surface area contributed by atoms with Gasteiger partial charge in [-0.1, -0.05) is 76.1 Å². The molecule has 442 valence electrons. The van der Waals surface area contributed by atoms with E-state index in [4.69, 9.17) is 33.7 Å². The molecule has 0 spiro atoms. The maximum Gasteiger partial charge on any atom is 0.410 e. The first-order valence-electron chi connectivity index (χ1n) is 29.7. The van der Waals surface area contributed by atoms with Gasteiger partial charge >= 0.3 is 12.1 Å². The Morgan fingerprint density at radius 1 is 0.952 bits per heavy atom. The van der Waals surface area contributed by atoms with Crippen molar-refractivity contribution < 1.29 is 47.7 Å². The number of aliphatic hydroxyl groups excluding tert-OH is 1. The minimum Gasteiger partial charge on any atom is -0.508 e. The maximum atomic E-state index is 17.3. The van der Waals surface area contributed by atoms with Gasteiger partial charge < -0.3 is 49.0 Å². The number of fused-ring (bicyclic) bond motifs is 3. The number of rotatable bonds is 17. The number of hydrogen-bond donors (Lipinski definition) is 3. The summed E-state index contributed by atoms with van der Waals surface area (Å²) >= 11 is 1.58. The molecule has 19 nitrogen and oxygen atoms in total. The summed E-state index contributed by atoms with van der Waals surface area (Å²) in [6, 6.07) is 17.5. The number of aromatic hydroxyl groups is 1. The Morgan fingerprint density at radius 3 is 2.50 bits per heavy atom. The zero-order valence-electron chi connectivity index (χ0n) is 48.3. The summed E-state index contributed by atoms with van der Waals surface area (Å²) in [4.78, 5) is 69.2. The van der Waals surface area contributed by atoms with Gasteiger partial charge in [0.1, 0.15) is 54.1 Å². The third-order valence-corrected chi connectivity index (χ3v) is 18.9. The molecule has 4 aromatic heterocycles. The lowest BCUT2D eigenvalue weighted by Gasteiger charge is -2.38. The van der Waals surface area contributed by atoms with E-state index in [0.717, 1.165) is 109 Å². The standard InChI is InChI=1S/C63H73FN10O9S/c1-6-39-13-11-14-42-25-44(75)26-47(53(39)42)55-54(64)56-48(29-65-55)58(71-22-9-7-8-10-23-71)69-61(68-56)81-34-63-20-12-24-74(63)43(19-21-63)33-80-62(79)72-31-46(32-72)82-51-28-50(83-70-51)52(36(2)3)60(78)73-30-45(76)27-49(73)59(77)67-37(4)40-15-17-41(18-16-40)57-38(5)66-35-84-57/h11,13-18,25-26,28-29,35-37,43,45-46,49,52,75-76H,6-10,12,19-24,27,30-34H2,1-5H3,(H,67,77)/t37-,43-,45+,49-,52+,63+/m0/s1. The summed E-state index contributed by atoms with van der Waals surface area (Å²) in [7, 11) is 0. The van der Waals surface area contributed by atoms with Crippen molar-refractivity contribution in [2.45, 2.75) is 141 Å². The Balaban J connectivity index is 0.656. The second-order valence-corrected chi connectivity index (χ2v) is 24.7.